The number of tetrazole rings is 1. The van der Waals surface area contributed by atoms with E-state index in [2.05, 4.69) is 36.5 Å². The van der Waals surface area contributed by atoms with Crippen molar-refractivity contribution in [2.24, 2.45) is 5.10 Å². The van der Waals surface area contributed by atoms with E-state index in [4.69, 9.17) is 0 Å². The number of hydrazone groups is 1. The third-order valence-corrected chi connectivity index (χ3v) is 3.52. The van der Waals surface area contributed by atoms with Gasteiger partial charge in [0.2, 0.25) is 5.82 Å². The second-order valence-corrected chi connectivity index (χ2v) is 5.27. The van der Waals surface area contributed by atoms with Gasteiger partial charge in [0.1, 0.15) is 11.6 Å². The number of para-hydroxylation sites is 2. The van der Waals surface area contributed by atoms with Crippen LogP contribution in [0.15, 0.2) is 65.9 Å². The largest absolute Gasteiger partial charge is 0.360 e. The molecule has 8 heteroatoms. The fourth-order valence-corrected chi connectivity index (χ4v) is 2.22. The summed E-state index contributed by atoms with van der Waals surface area (Å²) in [5, 5.41) is 30.2. The molecule has 0 saturated carbocycles. The molecule has 0 saturated heterocycles. The molecule has 0 aliphatic rings. The van der Waals surface area contributed by atoms with E-state index in [-0.39, 0.29) is 11.4 Å². The minimum absolute atomic E-state index is 0.230. The van der Waals surface area contributed by atoms with Crippen LogP contribution in [0.2, 0.25) is 0 Å². The van der Waals surface area contributed by atoms with Gasteiger partial charge in [0.05, 0.1) is 11.4 Å². The lowest BCUT2D eigenvalue weighted by molar-refractivity contribution is 0.881. The van der Waals surface area contributed by atoms with Crippen LogP contribution >= 0.6 is 0 Å². The molecule has 3 rings (SSSR count). The zero-order valence-electron chi connectivity index (χ0n) is 14.0. The van der Waals surface area contributed by atoms with Gasteiger partial charge in [-0.1, -0.05) is 36.4 Å². The topological polar surface area (TPSA) is 115 Å². The summed E-state index contributed by atoms with van der Waals surface area (Å²) in [5.74, 6) is 0.230. The molecule has 0 aliphatic carbocycles. The number of hydrogen-bond acceptors (Lipinski definition) is 7. The molecule has 0 spiro atoms. The summed E-state index contributed by atoms with van der Waals surface area (Å²) in [6.45, 7) is 1.91. The van der Waals surface area contributed by atoms with Crippen LogP contribution in [0.1, 0.15) is 18.3 Å². The maximum absolute atomic E-state index is 9.25. The van der Waals surface area contributed by atoms with Crippen LogP contribution in [0.25, 0.3) is 5.57 Å². The van der Waals surface area contributed by atoms with Crippen molar-refractivity contribution in [3.05, 3.63) is 72.2 Å². The Labute approximate surface area is 150 Å². The quantitative estimate of drug-likeness (QED) is 0.360. The number of nitrogens with zero attached hydrogens (tertiary/aromatic N) is 5. The van der Waals surface area contributed by atoms with Gasteiger partial charge in [-0.05, 0) is 30.3 Å². The Kier molecular flexibility index (Phi) is 5.32. The fourth-order valence-electron chi connectivity index (χ4n) is 2.22. The van der Waals surface area contributed by atoms with E-state index >= 15 is 0 Å². The normalized spacial score (nSPS) is 11.7. The number of H-pyrrole nitrogens is 1. The van der Waals surface area contributed by atoms with Crippen molar-refractivity contribution in [1.29, 1.82) is 5.26 Å². The zero-order chi connectivity index (χ0) is 18.2. The van der Waals surface area contributed by atoms with Crippen molar-refractivity contribution in [3.63, 3.8) is 0 Å². The van der Waals surface area contributed by atoms with Crippen LogP contribution in [-0.2, 0) is 0 Å². The van der Waals surface area contributed by atoms with Gasteiger partial charge in [-0.3, -0.25) is 5.43 Å². The predicted molar refractivity (Wildman–Crippen MR) is 100 cm³/mol. The molecule has 0 radical (unpaired) electrons. The monoisotopic (exact) mass is 344 g/mol. The van der Waals surface area contributed by atoms with Crippen molar-refractivity contribution < 1.29 is 0 Å². The highest BCUT2D eigenvalue weighted by molar-refractivity contribution is 6.04. The van der Waals surface area contributed by atoms with Crippen molar-refractivity contribution in [1.82, 2.24) is 20.6 Å². The summed E-state index contributed by atoms with van der Waals surface area (Å²) >= 11 is 0. The smallest absolute Gasteiger partial charge is 0.216 e. The van der Waals surface area contributed by atoms with Gasteiger partial charge in [-0.15, -0.1) is 10.2 Å². The minimum Gasteiger partial charge on any atom is -0.360 e. The molecule has 0 unspecified atom stereocenters. The van der Waals surface area contributed by atoms with Gasteiger partial charge >= 0.3 is 0 Å². The molecule has 0 fully saturated rings. The molecule has 0 aliphatic heterocycles. The second kappa shape index (κ2) is 8.21. The lowest BCUT2D eigenvalue weighted by Gasteiger charge is -2.10. The Hall–Kier alpha value is -3.99. The van der Waals surface area contributed by atoms with Crippen molar-refractivity contribution in [2.75, 3.05) is 10.7 Å². The zero-order valence-corrected chi connectivity index (χ0v) is 14.0. The van der Waals surface area contributed by atoms with E-state index < -0.39 is 0 Å². The molecular weight excluding hydrogens is 328 g/mol. The SMILES string of the molecule is CC(=NNc1ccccc1)c1ccccc1NC=C(C#N)c1nn[nH]n1. The Morgan fingerprint density at radius 1 is 1.15 bits per heavy atom. The van der Waals surface area contributed by atoms with E-state index in [1.807, 2.05) is 67.6 Å². The maximum Gasteiger partial charge on any atom is 0.216 e. The molecule has 8 nitrogen and oxygen atoms in total. The number of aromatic amines is 1. The summed E-state index contributed by atoms with van der Waals surface area (Å²) in [6, 6.07) is 19.4. The van der Waals surface area contributed by atoms with E-state index in [0.29, 0.717) is 0 Å². The first-order valence-corrected chi connectivity index (χ1v) is 7.83. The van der Waals surface area contributed by atoms with E-state index in [9.17, 15) is 5.26 Å². The number of nitrogens with one attached hydrogen (secondary N) is 3. The average molecular weight is 344 g/mol. The predicted octanol–water partition coefficient (Wildman–Crippen LogP) is 3.01. The van der Waals surface area contributed by atoms with Crippen LogP contribution in [0.5, 0.6) is 0 Å². The molecule has 26 heavy (non-hydrogen) atoms. The van der Waals surface area contributed by atoms with Crippen LogP contribution in [0, 0.1) is 11.3 Å². The van der Waals surface area contributed by atoms with E-state index in [0.717, 1.165) is 22.6 Å². The highest BCUT2D eigenvalue weighted by Gasteiger charge is 2.08. The van der Waals surface area contributed by atoms with Crippen LogP contribution in [0.4, 0.5) is 11.4 Å². The summed E-state index contributed by atoms with van der Waals surface area (Å²) in [7, 11) is 0. The molecular formula is C18H16N8. The van der Waals surface area contributed by atoms with Gasteiger partial charge in [0.15, 0.2) is 0 Å². The molecule has 0 bridgehead atoms. The summed E-state index contributed by atoms with van der Waals surface area (Å²) in [4.78, 5) is 0. The number of nitriles is 1. The van der Waals surface area contributed by atoms with Gasteiger partial charge in [0.25, 0.3) is 0 Å². The Morgan fingerprint density at radius 2 is 1.92 bits per heavy atom. The minimum atomic E-state index is 0.230. The van der Waals surface area contributed by atoms with Crippen molar-refractivity contribution in [2.45, 2.75) is 6.92 Å². The fraction of sp³-hybridized carbons (Fsp3) is 0.0556. The molecule has 0 atom stereocenters. The lowest BCUT2D eigenvalue weighted by Crippen LogP contribution is -2.04. The maximum atomic E-state index is 9.25. The number of aromatic nitrogens is 4. The number of anilines is 2. The second-order valence-electron chi connectivity index (χ2n) is 5.27. The number of benzene rings is 2. The Morgan fingerprint density at radius 3 is 2.65 bits per heavy atom. The van der Waals surface area contributed by atoms with Crippen molar-refractivity contribution in [3.8, 4) is 6.07 Å². The summed E-state index contributed by atoms with van der Waals surface area (Å²) in [6.07, 6.45) is 1.54. The van der Waals surface area contributed by atoms with Crippen LogP contribution in [-0.4, -0.2) is 26.3 Å². The Balaban J connectivity index is 1.81. The highest BCUT2D eigenvalue weighted by Crippen LogP contribution is 2.18. The number of allylic oxidation sites excluding steroid dienone is 1. The Bertz CT molecular complexity index is 952. The average Bonchev–Trinajstić information content (AvgIpc) is 3.22. The standard InChI is InChI=1S/C18H16N8/c1-13(21-22-15-7-3-2-4-8-15)16-9-5-6-10-17(16)20-12-14(11-19)18-23-25-26-24-18/h2-10,12,20,22H,1H3,(H,23,24,25,26). The molecule has 1 heterocycles. The molecule has 128 valence electrons. The van der Waals surface area contributed by atoms with Gasteiger partial charge < -0.3 is 5.32 Å². The van der Waals surface area contributed by atoms with E-state index in [1.165, 1.54) is 0 Å². The molecule has 3 N–H and O–H groups in total. The first kappa shape index (κ1) is 16.9. The third-order valence-electron chi connectivity index (χ3n) is 3.52. The summed E-state index contributed by atoms with van der Waals surface area (Å²) in [5.41, 5.74) is 6.70. The van der Waals surface area contributed by atoms with Gasteiger partial charge in [0, 0.05) is 17.5 Å². The molecule has 0 amide bonds. The first-order chi connectivity index (χ1) is 12.8. The van der Waals surface area contributed by atoms with Gasteiger partial charge in [-0.25, -0.2) is 0 Å². The van der Waals surface area contributed by atoms with Gasteiger partial charge in [-0.2, -0.15) is 15.6 Å². The van der Waals surface area contributed by atoms with E-state index in [1.54, 1.807) is 6.20 Å². The molecule has 1 aromatic heterocycles. The third kappa shape index (κ3) is 4.10. The lowest BCUT2D eigenvalue weighted by atomic mass is 10.1. The number of hydrogen-bond donors (Lipinski definition) is 3. The van der Waals surface area contributed by atoms with Crippen LogP contribution < -0.4 is 10.7 Å². The summed E-state index contributed by atoms with van der Waals surface area (Å²) < 4.78 is 0. The molecule has 3 aromatic rings. The van der Waals surface area contributed by atoms with Crippen molar-refractivity contribution >= 4 is 22.7 Å². The highest BCUT2D eigenvalue weighted by atomic mass is 15.5. The number of rotatable bonds is 6. The molecule has 2 aromatic carbocycles. The first-order valence-electron chi connectivity index (χ1n) is 7.83. The van der Waals surface area contributed by atoms with Crippen LogP contribution in [0.3, 0.4) is 0 Å².